The number of unbranched alkanes of at least 4 members (excludes halogenated alkanes) is 7. The molecule has 0 rings (SSSR count). The number of ether oxygens (including phenoxy) is 1. The molecule has 0 saturated heterocycles. The van der Waals surface area contributed by atoms with Gasteiger partial charge in [0.2, 0.25) is 0 Å². The fraction of sp³-hybridized carbons (Fsp3) is 0.857. The van der Waals surface area contributed by atoms with Crippen LogP contribution in [0, 0.1) is 0 Å². The highest BCUT2D eigenvalue weighted by molar-refractivity contribution is 4.81. The number of rotatable bonds is 11. The van der Waals surface area contributed by atoms with Gasteiger partial charge in [-0.3, -0.25) is 0 Å². The molecule has 0 aromatic heterocycles. The maximum atomic E-state index is 5.00. The topological polar surface area (TPSA) is 9.23 Å². The molecular weight excluding hydrogens is 184 g/mol. The second-order valence-electron chi connectivity index (χ2n) is 4.16. The van der Waals surface area contributed by atoms with Crippen molar-refractivity contribution in [3.63, 3.8) is 0 Å². The Hall–Kier alpha value is -0.300. The number of hydrogen-bond acceptors (Lipinski definition) is 1. The van der Waals surface area contributed by atoms with E-state index in [0.717, 1.165) is 6.61 Å². The average molecular weight is 212 g/mol. The largest absolute Gasteiger partial charge is 0.385 e. The highest BCUT2D eigenvalue weighted by Crippen LogP contribution is 2.06. The van der Waals surface area contributed by atoms with Gasteiger partial charge < -0.3 is 4.74 Å². The van der Waals surface area contributed by atoms with Crippen molar-refractivity contribution in [2.45, 2.75) is 64.7 Å². The van der Waals surface area contributed by atoms with E-state index in [2.05, 4.69) is 19.1 Å². The molecule has 0 aliphatic heterocycles. The van der Waals surface area contributed by atoms with Crippen LogP contribution in [0.15, 0.2) is 12.2 Å². The Labute approximate surface area is 95.9 Å². The predicted octanol–water partition coefficient (Wildman–Crippen LogP) is 4.72. The Bertz CT molecular complexity index is 129. The minimum Gasteiger partial charge on any atom is -0.385 e. The van der Waals surface area contributed by atoms with E-state index >= 15 is 0 Å². The molecule has 0 atom stereocenters. The summed E-state index contributed by atoms with van der Waals surface area (Å²) in [5, 5.41) is 0. The van der Waals surface area contributed by atoms with Crippen molar-refractivity contribution in [3.8, 4) is 0 Å². The van der Waals surface area contributed by atoms with Crippen LogP contribution in [0.5, 0.6) is 0 Å². The van der Waals surface area contributed by atoms with Gasteiger partial charge in [-0.15, -0.1) is 0 Å². The van der Waals surface area contributed by atoms with E-state index in [-0.39, 0.29) is 0 Å². The number of hydrogen-bond donors (Lipinski definition) is 0. The first-order chi connectivity index (χ1) is 7.41. The molecule has 0 saturated carbocycles. The molecule has 0 aliphatic rings. The van der Waals surface area contributed by atoms with Crippen molar-refractivity contribution >= 4 is 0 Å². The summed E-state index contributed by atoms with van der Waals surface area (Å²) in [6.45, 7) is 3.17. The SMILES string of the molecule is CCCCCCC/C=C\CCCCOC. The Morgan fingerprint density at radius 1 is 0.800 bits per heavy atom. The van der Waals surface area contributed by atoms with Crippen molar-refractivity contribution < 1.29 is 4.74 Å². The van der Waals surface area contributed by atoms with E-state index in [9.17, 15) is 0 Å². The fourth-order valence-electron chi connectivity index (χ4n) is 1.61. The molecule has 0 aliphatic carbocycles. The normalized spacial score (nSPS) is 11.3. The monoisotopic (exact) mass is 212 g/mol. The van der Waals surface area contributed by atoms with Gasteiger partial charge in [-0.1, -0.05) is 44.8 Å². The zero-order chi connectivity index (χ0) is 11.2. The summed E-state index contributed by atoms with van der Waals surface area (Å²) in [7, 11) is 1.77. The molecule has 0 amide bonds. The van der Waals surface area contributed by atoms with Crippen LogP contribution in [0.1, 0.15) is 64.7 Å². The Morgan fingerprint density at radius 2 is 1.40 bits per heavy atom. The summed E-state index contributed by atoms with van der Waals surface area (Å²) in [5.74, 6) is 0. The molecule has 0 bridgehead atoms. The summed E-state index contributed by atoms with van der Waals surface area (Å²) in [5.41, 5.74) is 0. The highest BCUT2D eigenvalue weighted by Gasteiger charge is 1.87. The minimum absolute atomic E-state index is 0.908. The first-order valence-corrected chi connectivity index (χ1v) is 6.55. The summed E-state index contributed by atoms with van der Waals surface area (Å²) in [6, 6.07) is 0. The number of allylic oxidation sites excluding steroid dienone is 2. The van der Waals surface area contributed by atoms with E-state index < -0.39 is 0 Å². The van der Waals surface area contributed by atoms with Crippen LogP contribution in [0.3, 0.4) is 0 Å². The van der Waals surface area contributed by atoms with E-state index in [1.807, 2.05) is 0 Å². The maximum absolute atomic E-state index is 5.00. The van der Waals surface area contributed by atoms with Crippen LogP contribution in [-0.4, -0.2) is 13.7 Å². The zero-order valence-corrected chi connectivity index (χ0v) is 10.6. The van der Waals surface area contributed by atoms with Crippen LogP contribution in [0.4, 0.5) is 0 Å². The molecule has 1 heteroatoms. The van der Waals surface area contributed by atoms with Gasteiger partial charge in [0.25, 0.3) is 0 Å². The van der Waals surface area contributed by atoms with Crippen LogP contribution in [-0.2, 0) is 4.74 Å². The summed E-state index contributed by atoms with van der Waals surface area (Å²) >= 11 is 0. The second-order valence-corrected chi connectivity index (χ2v) is 4.16. The van der Waals surface area contributed by atoms with Crippen LogP contribution < -0.4 is 0 Å². The molecule has 15 heavy (non-hydrogen) atoms. The van der Waals surface area contributed by atoms with Crippen molar-refractivity contribution in [3.05, 3.63) is 12.2 Å². The van der Waals surface area contributed by atoms with Gasteiger partial charge in [0.05, 0.1) is 0 Å². The quantitative estimate of drug-likeness (QED) is 0.356. The lowest BCUT2D eigenvalue weighted by Crippen LogP contribution is -1.86. The number of methoxy groups -OCH3 is 1. The van der Waals surface area contributed by atoms with E-state index in [1.165, 1.54) is 57.8 Å². The molecule has 0 radical (unpaired) electrons. The molecule has 0 spiro atoms. The standard InChI is InChI=1S/C14H28O/c1-3-4-5-6-7-8-9-10-11-12-13-14-15-2/h9-10H,3-8,11-14H2,1-2H3/b10-9-. The lowest BCUT2D eigenvalue weighted by atomic mass is 10.1. The van der Waals surface area contributed by atoms with Crippen molar-refractivity contribution in [1.29, 1.82) is 0 Å². The smallest absolute Gasteiger partial charge is 0.0462 e. The van der Waals surface area contributed by atoms with Gasteiger partial charge in [0.1, 0.15) is 0 Å². The van der Waals surface area contributed by atoms with E-state index in [4.69, 9.17) is 4.74 Å². The minimum atomic E-state index is 0.908. The predicted molar refractivity (Wildman–Crippen MR) is 68.2 cm³/mol. The molecule has 0 aromatic rings. The van der Waals surface area contributed by atoms with Crippen LogP contribution >= 0.6 is 0 Å². The Kier molecular flexibility index (Phi) is 13.4. The summed E-state index contributed by atoms with van der Waals surface area (Å²) < 4.78 is 5.00. The molecule has 1 nitrogen and oxygen atoms in total. The Morgan fingerprint density at radius 3 is 2.00 bits per heavy atom. The molecular formula is C14H28O. The fourth-order valence-corrected chi connectivity index (χ4v) is 1.61. The van der Waals surface area contributed by atoms with Crippen LogP contribution in [0.25, 0.3) is 0 Å². The zero-order valence-electron chi connectivity index (χ0n) is 10.6. The van der Waals surface area contributed by atoms with Crippen LogP contribution in [0.2, 0.25) is 0 Å². The summed E-state index contributed by atoms with van der Waals surface area (Å²) in [4.78, 5) is 0. The van der Waals surface area contributed by atoms with Gasteiger partial charge in [0.15, 0.2) is 0 Å². The Balaban J connectivity index is 2.97. The van der Waals surface area contributed by atoms with Gasteiger partial charge in [0, 0.05) is 13.7 Å². The lowest BCUT2D eigenvalue weighted by molar-refractivity contribution is 0.193. The third-order valence-electron chi connectivity index (χ3n) is 2.61. The molecule has 0 unspecified atom stereocenters. The molecule has 0 heterocycles. The van der Waals surface area contributed by atoms with Crippen molar-refractivity contribution in [2.75, 3.05) is 13.7 Å². The van der Waals surface area contributed by atoms with E-state index in [0.29, 0.717) is 0 Å². The molecule has 90 valence electrons. The van der Waals surface area contributed by atoms with E-state index in [1.54, 1.807) is 7.11 Å². The third kappa shape index (κ3) is 13.7. The van der Waals surface area contributed by atoms with Crippen molar-refractivity contribution in [1.82, 2.24) is 0 Å². The summed E-state index contributed by atoms with van der Waals surface area (Å²) in [6.07, 6.45) is 16.6. The maximum Gasteiger partial charge on any atom is 0.0462 e. The second kappa shape index (κ2) is 13.7. The molecule has 0 N–H and O–H groups in total. The highest BCUT2D eigenvalue weighted by atomic mass is 16.5. The van der Waals surface area contributed by atoms with Gasteiger partial charge in [-0.25, -0.2) is 0 Å². The first kappa shape index (κ1) is 14.7. The average Bonchev–Trinajstić information content (AvgIpc) is 2.26. The lowest BCUT2D eigenvalue weighted by Gasteiger charge is -1.97. The van der Waals surface area contributed by atoms with Crippen molar-refractivity contribution in [2.24, 2.45) is 0 Å². The van der Waals surface area contributed by atoms with Gasteiger partial charge in [-0.2, -0.15) is 0 Å². The molecule has 0 aromatic carbocycles. The first-order valence-electron chi connectivity index (χ1n) is 6.55. The third-order valence-corrected chi connectivity index (χ3v) is 2.61. The molecule has 0 fully saturated rings. The van der Waals surface area contributed by atoms with Gasteiger partial charge in [-0.05, 0) is 32.1 Å². The van der Waals surface area contributed by atoms with Gasteiger partial charge >= 0.3 is 0 Å².